The van der Waals surface area contributed by atoms with Gasteiger partial charge in [0.05, 0.1) is 10.3 Å². The molecule has 0 atom stereocenters. The van der Waals surface area contributed by atoms with Crippen LogP contribution in [0.25, 0.3) is 0 Å². The number of nitro groups is 1. The number of phenolic OH excluding ortho intramolecular Hbond substituents is 1. The summed E-state index contributed by atoms with van der Waals surface area (Å²) in [5, 5.41) is 29.1. The lowest BCUT2D eigenvalue weighted by molar-refractivity contribution is -0.385. The molecule has 1 aromatic carbocycles. The van der Waals surface area contributed by atoms with Crippen LogP contribution in [0.4, 0.5) is 5.69 Å². The van der Waals surface area contributed by atoms with Crippen LogP contribution < -0.4 is 0 Å². The molecule has 1 aromatic rings. The van der Waals surface area contributed by atoms with Gasteiger partial charge in [-0.25, -0.2) is 0 Å². The number of carbonyl (C=O) groups is 1. The van der Waals surface area contributed by atoms with Crippen LogP contribution in [0.2, 0.25) is 0 Å². The Labute approximate surface area is 96.7 Å². The molecule has 0 saturated heterocycles. The van der Waals surface area contributed by atoms with Crippen molar-refractivity contribution in [1.82, 2.24) is 0 Å². The number of rotatable bonds is 4. The average molecular weight is 237 g/mol. The molecule has 17 heavy (non-hydrogen) atoms. The Balaban J connectivity index is 2.35. The van der Waals surface area contributed by atoms with Crippen LogP contribution in [0.15, 0.2) is 18.2 Å². The first-order valence-corrected chi connectivity index (χ1v) is 5.14. The number of aliphatic carboxylic acids is 1. The van der Waals surface area contributed by atoms with Crippen molar-refractivity contribution in [3.05, 3.63) is 33.9 Å². The number of nitrogens with zero attached hydrogens (tertiary/aromatic N) is 1. The number of hydrogen-bond acceptors (Lipinski definition) is 4. The largest absolute Gasteiger partial charge is 0.508 e. The standard InChI is InChI=1S/C11H11NO5/c13-8-1-2-9(12(16)17)7(5-8)6-11(3-4-11)10(14)15/h1-2,5,13H,3-4,6H2,(H,14,15). The van der Waals surface area contributed by atoms with E-state index < -0.39 is 16.3 Å². The van der Waals surface area contributed by atoms with Crippen LogP contribution in [0.3, 0.4) is 0 Å². The van der Waals surface area contributed by atoms with Gasteiger partial charge in [-0.15, -0.1) is 0 Å². The second-order valence-electron chi connectivity index (χ2n) is 4.33. The first-order chi connectivity index (χ1) is 7.94. The molecule has 0 bridgehead atoms. The summed E-state index contributed by atoms with van der Waals surface area (Å²) in [5.41, 5.74) is -0.747. The van der Waals surface area contributed by atoms with E-state index in [-0.39, 0.29) is 23.4 Å². The summed E-state index contributed by atoms with van der Waals surface area (Å²) in [5.74, 6) is -1.03. The fraction of sp³-hybridized carbons (Fsp3) is 0.364. The van der Waals surface area contributed by atoms with Gasteiger partial charge in [0.1, 0.15) is 5.75 Å². The minimum Gasteiger partial charge on any atom is -0.508 e. The molecule has 1 aliphatic carbocycles. The Morgan fingerprint density at radius 1 is 1.47 bits per heavy atom. The Kier molecular flexibility index (Phi) is 2.49. The van der Waals surface area contributed by atoms with Gasteiger partial charge in [-0.3, -0.25) is 14.9 Å². The molecule has 1 saturated carbocycles. The predicted molar refractivity (Wildman–Crippen MR) is 57.8 cm³/mol. The van der Waals surface area contributed by atoms with Crippen LogP contribution in [-0.4, -0.2) is 21.1 Å². The third-order valence-corrected chi connectivity index (χ3v) is 3.10. The number of benzene rings is 1. The van der Waals surface area contributed by atoms with Crippen molar-refractivity contribution in [2.45, 2.75) is 19.3 Å². The predicted octanol–water partition coefficient (Wildman–Crippen LogP) is 1.71. The van der Waals surface area contributed by atoms with Gasteiger partial charge in [0.2, 0.25) is 0 Å². The zero-order chi connectivity index (χ0) is 12.6. The minimum atomic E-state index is -0.935. The zero-order valence-corrected chi connectivity index (χ0v) is 8.92. The minimum absolute atomic E-state index is 0.0903. The van der Waals surface area contributed by atoms with Gasteiger partial charge in [0.15, 0.2) is 0 Å². The van der Waals surface area contributed by atoms with Crippen molar-refractivity contribution >= 4 is 11.7 Å². The maximum Gasteiger partial charge on any atom is 0.309 e. The van der Waals surface area contributed by atoms with Gasteiger partial charge in [0, 0.05) is 11.6 Å². The summed E-state index contributed by atoms with van der Waals surface area (Å²) in [7, 11) is 0. The molecule has 6 nitrogen and oxygen atoms in total. The van der Waals surface area contributed by atoms with Crippen molar-refractivity contribution in [1.29, 1.82) is 0 Å². The third-order valence-electron chi connectivity index (χ3n) is 3.10. The van der Waals surface area contributed by atoms with Crippen LogP contribution in [0.5, 0.6) is 5.75 Å². The van der Waals surface area contributed by atoms with Gasteiger partial charge < -0.3 is 10.2 Å². The molecule has 0 spiro atoms. The maximum atomic E-state index is 11.0. The summed E-state index contributed by atoms with van der Waals surface area (Å²) in [6.07, 6.45) is 1.14. The van der Waals surface area contributed by atoms with E-state index in [1.54, 1.807) is 0 Å². The molecule has 0 amide bonds. The van der Waals surface area contributed by atoms with E-state index in [9.17, 15) is 20.0 Å². The molecule has 0 radical (unpaired) electrons. The number of nitro benzene ring substituents is 1. The molecule has 1 aliphatic rings. The Morgan fingerprint density at radius 3 is 2.59 bits per heavy atom. The molecular weight excluding hydrogens is 226 g/mol. The molecule has 0 aromatic heterocycles. The van der Waals surface area contributed by atoms with E-state index in [1.807, 2.05) is 0 Å². The lowest BCUT2D eigenvalue weighted by atomic mass is 9.95. The van der Waals surface area contributed by atoms with Crippen LogP contribution >= 0.6 is 0 Å². The van der Waals surface area contributed by atoms with Crippen molar-refractivity contribution < 1.29 is 19.9 Å². The van der Waals surface area contributed by atoms with Crippen LogP contribution in [-0.2, 0) is 11.2 Å². The van der Waals surface area contributed by atoms with Crippen molar-refractivity contribution in [3.8, 4) is 5.75 Å². The highest BCUT2D eigenvalue weighted by Gasteiger charge is 2.50. The number of hydrogen-bond donors (Lipinski definition) is 2. The third kappa shape index (κ3) is 2.06. The molecule has 2 rings (SSSR count). The number of phenols is 1. The summed E-state index contributed by atoms with van der Waals surface area (Å²) in [4.78, 5) is 21.2. The highest BCUT2D eigenvalue weighted by molar-refractivity contribution is 5.78. The quantitative estimate of drug-likeness (QED) is 0.613. The van der Waals surface area contributed by atoms with E-state index in [0.29, 0.717) is 12.8 Å². The van der Waals surface area contributed by atoms with Crippen molar-refractivity contribution in [2.24, 2.45) is 5.41 Å². The molecule has 0 aliphatic heterocycles. The highest BCUT2D eigenvalue weighted by atomic mass is 16.6. The first-order valence-electron chi connectivity index (χ1n) is 5.14. The zero-order valence-electron chi connectivity index (χ0n) is 8.92. The highest BCUT2D eigenvalue weighted by Crippen LogP contribution is 2.49. The maximum absolute atomic E-state index is 11.0. The van der Waals surface area contributed by atoms with Gasteiger partial charge in [0.25, 0.3) is 5.69 Å². The second-order valence-corrected chi connectivity index (χ2v) is 4.33. The van der Waals surface area contributed by atoms with Gasteiger partial charge in [-0.2, -0.15) is 0 Å². The Bertz CT molecular complexity index is 493. The fourth-order valence-corrected chi connectivity index (χ4v) is 1.87. The normalized spacial score (nSPS) is 16.5. The van der Waals surface area contributed by atoms with Crippen LogP contribution in [0.1, 0.15) is 18.4 Å². The van der Waals surface area contributed by atoms with E-state index in [2.05, 4.69) is 0 Å². The monoisotopic (exact) mass is 237 g/mol. The van der Waals surface area contributed by atoms with Gasteiger partial charge in [-0.1, -0.05) is 0 Å². The van der Waals surface area contributed by atoms with Gasteiger partial charge in [-0.05, 0) is 31.4 Å². The summed E-state index contributed by atoms with van der Waals surface area (Å²) < 4.78 is 0. The molecule has 90 valence electrons. The number of aromatic hydroxyl groups is 1. The number of carboxylic acids is 1. The molecule has 2 N–H and O–H groups in total. The summed E-state index contributed by atoms with van der Waals surface area (Å²) >= 11 is 0. The van der Waals surface area contributed by atoms with Crippen molar-refractivity contribution in [2.75, 3.05) is 0 Å². The Hall–Kier alpha value is -2.11. The van der Waals surface area contributed by atoms with Crippen molar-refractivity contribution in [3.63, 3.8) is 0 Å². The fourth-order valence-electron chi connectivity index (χ4n) is 1.87. The van der Waals surface area contributed by atoms with E-state index >= 15 is 0 Å². The van der Waals surface area contributed by atoms with Crippen LogP contribution in [0, 0.1) is 15.5 Å². The lowest BCUT2D eigenvalue weighted by Crippen LogP contribution is -2.18. The van der Waals surface area contributed by atoms with E-state index in [1.165, 1.54) is 18.2 Å². The Morgan fingerprint density at radius 2 is 2.12 bits per heavy atom. The molecule has 1 fully saturated rings. The molecule has 0 heterocycles. The van der Waals surface area contributed by atoms with Gasteiger partial charge >= 0.3 is 5.97 Å². The average Bonchev–Trinajstić information content (AvgIpc) is 2.98. The first kappa shape index (κ1) is 11.4. The summed E-state index contributed by atoms with van der Waals surface area (Å²) in [6, 6.07) is 3.69. The summed E-state index contributed by atoms with van der Waals surface area (Å²) in [6.45, 7) is 0. The SMILES string of the molecule is O=C(O)C1(Cc2cc(O)ccc2[N+](=O)[O-])CC1. The molecule has 6 heteroatoms. The molecular formula is C11H11NO5. The van der Waals surface area contributed by atoms with E-state index in [0.717, 1.165) is 0 Å². The van der Waals surface area contributed by atoms with E-state index in [4.69, 9.17) is 5.11 Å². The number of carboxylic acid groups (broad SMARTS) is 1. The lowest BCUT2D eigenvalue weighted by Gasteiger charge is -2.10. The topological polar surface area (TPSA) is 101 Å². The molecule has 0 unspecified atom stereocenters. The smallest absolute Gasteiger partial charge is 0.309 e. The second kappa shape index (κ2) is 3.73.